The Hall–Kier alpha value is -3.21. The molecule has 1 aromatic heterocycles. The fourth-order valence-electron chi connectivity index (χ4n) is 1.56. The number of benzene rings is 1. The Bertz CT molecular complexity index is 690. The molecule has 0 aliphatic rings. The Labute approximate surface area is 107 Å². The Kier molecular flexibility index (Phi) is 2.95. The zero-order valence-electron chi connectivity index (χ0n) is 9.57. The average Bonchev–Trinajstić information content (AvgIpc) is 2.38. The Morgan fingerprint density at radius 3 is 2.37 bits per heavy atom. The second-order valence-corrected chi connectivity index (χ2v) is 3.61. The molecule has 8 heteroatoms. The number of aromatic nitrogens is 2. The van der Waals surface area contributed by atoms with E-state index in [1.165, 1.54) is 24.3 Å². The standard InChI is InChI=1S/C11H8N6O2/c12-5-8-9(15-11(14)16-10(8)13)6-1-3-7(4-2-6)17(18)19/h1-4H,(H4,13,14,15,16). The van der Waals surface area contributed by atoms with E-state index in [4.69, 9.17) is 16.7 Å². The van der Waals surface area contributed by atoms with E-state index in [-0.39, 0.29) is 28.7 Å². The number of nitro groups is 1. The Morgan fingerprint density at radius 2 is 1.84 bits per heavy atom. The number of rotatable bonds is 2. The molecule has 2 aromatic rings. The van der Waals surface area contributed by atoms with Gasteiger partial charge in [0.25, 0.3) is 5.69 Å². The van der Waals surface area contributed by atoms with Crippen LogP contribution in [0.4, 0.5) is 17.5 Å². The van der Waals surface area contributed by atoms with E-state index in [1.807, 2.05) is 6.07 Å². The van der Waals surface area contributed by atoms with Gasteiger partial charge >= 0.3 is 0 Å². The van der Waals surface area contributed by atoms with Gasteiger partial charge in [0, 0.05) is 17.7 Å². The Morgan fingerprint density at radius 1 is 1.21 bits per heavy atom. The molecule has 4 N–H and O–H groups in total. The number of nitro benzene ring substituents is 1. The lowest BCUT2D eigenvalue weighted by atomic mass is 10.1. The van der Waals surface area contributed by atoms with Crippen molar-refractivity contribution in [1.82, 2.24) is 9.97 Å². The first kappa shape index (κ1) is 12.3. The first-order valence-electron chi connectivity index (χ1n) is 5.11. The van der Waals surface area contributed by atoms with Crippen LogP contribution in [0.5, 0.6) is 0 Å². The summed E-state index contributed by atoms with van der Waals surface area (Å²) in [6, 6.07) is 7.45. The van der Waals surface area contributed by atoms with E-state index in [9.17, 15) is 10.1 Å². The quantitative estimate of drug-likeness (QED) is 0.604. The van der Waals surface area contributed by atoms with Gasteiger partial charge in [0.15, 0.2) is 0 Å². The number of nitrogen functional groups attached to an aromatic ring is 2. The topological polar surface area (TPSA) is 145 Å². The van der Waals surface area contributed by atoms with Crippen LogP contribution in [0, 0.1) is 21.4 Å². The van der Waals surface area contributed by atoms with Crippen LogP contribution in [-0.2, 0) is 0 Å². The SMILES string of the molecule is N#Cc1c(N)nc(N)nc1-c1ccc([N+](=O)[O-])cc1. The van der Waals surface area contributed by atoms with Crippen molar-refractivity contribution in [2.45, 2.75) is 0 Å². The lowest BCUT2D eigenvalue weighted by Crippen LogP contribution is -2.04. The highest BCUT2D eigenvalue weighted by Crippen LogP contribution is 2.26. The maximum absolute atomic E-state index is 10.6. The fourth-order valence-corrected chi connectivity index (χ4v) is 1.56. The molecule has 94 valence electrons. The second kappa shape index (κ2) is 4.58. The van der Waals surface area contributed by atoms with Crippen molar-refractivity contribution in [3.8, 4) is 17.3 Å². The molecular weight excluding hydrogens is 248 g/mol. The minimum atomic E-state index is -0.516. The van der Waals surface area contributed by atoms with Crippen molar-refractivity contribution in [2.75, 3.05) is 11.5 Å². The van der Waals surface area contributed by atoms with Gasteiger partial charge in [-0.3, -0.25) is 10.1 Å². The van der Waals surface area contributed by atoms with Gasteiger partial charge in [0.05, 0.1) is 10.6 Å². The van der Waals surface area contributed by atoms with E-state index in [2.05, 4.69) is 9.97 Å². The molecule has 0 bridgehead atoms. The molecule has 0 unspecified atom stereocenters. The van der Waals surface area contributed by atoms with Crippen LogP contribution in [0.15, 0.2) is 24.3 Å². The largest absolute Gasteiger partial charge is 0.382 e. The minimum absolute atomic E-state index is 0.0247. The monoisotopic (exact) mass is 256 g/mol. The van der Waals surface area contributed by atoms with Crippen LogP contribution in [0.3, 0.4) is 0 Å². The van der Waals surface area contributed by atoms with E-state index in [1.54, 1.807) is 0 Å². The maximum atomic E-state index is 10.6. The van der Waals surface area contributed by atoms with Crippen LogP contribution in [0.1, 0.15) is 5.56 Å². The number of hydrogen-bond acceptors (Lipinski definition) is 7. The summed E-state index contributed by atoms with van der Waals surface area (Å²) in [5, 5.41) is 19.6. The molecule has 0 spiro atoms. The maximum Gasteiger partial charge on any atom is 0.269 e. The Balaban J connectivity index is 2.59. The van der Waals surface area contributed by atoms with Crippen LogP contribution in [0.25, 0.3) is 11.3 Å². The van der Waals surface area contributed by atoms with Gasteiger partial charge in [-0.15, -0.1) is 0 Å². The average molecular weight is 256 g/mol. The number of nitriles is 1. The number of hydrogen-bond donors (Lipinski definition) is 2. The molecule has 0 saturated carbocycles. The summed E-state index contributed by atoms with van der Waals surface area (Å²) >= 11 is 0. The van der Waals surface area contributed by atoms with Crippen LogP contribution in [0.2, 0.25) is 0 Å². The first-order chi connectivity index (χ1) is 9.02. The molecule has 0 fully saturated rings. The highest BCUT2D eigenvalue weighted by atomic mass is 16.6. The summed E-state index contributed by atoms with van der Waals surface area (Å²) in [6.07, 6.45) is 0. The lowest BCUT2D eigenvalue weighted by Gasteiger charge is -2.06. The van der Waals surface area contributed by atoms with Crippen molar-refractivity contribution in [3.05, 3.63) is 39.9 Å². The summed E-state index contributed by atoms with van der Waals surface area (Å²) in [4.78, 5) is 17.7. The van der Waals surface area contributed by atoms with E-state index in [0.717, 1.165) is 0 Å². The predicted octanol–water partition coefficient (Wildman–Crippen LogP) is 1.09. The van der Waals surface area contributed by atoms with Crippen molar-refractivity contribution < 1.29 is 4.92 Å². The fraction of sp³-hybridized carbons (Fsp3) is 0. The van der Waals surface area contributed by atoms with E-state index < -0.39 is 4.92 Å². The first-order valence-corrected chi connectivity index (χ1v) is 5.11. The molecule has 19 heavy (non-hydrogen) atoms. The molecule has 0 aliphatic carbocycles. The van der Waals surface area contributed by atoms with E-state index >= 15 is 0 Å². The predicted molar refractivity (Wildman–Crippen MR) is 67.7 cm³/mol. The molecule has 0 saturated heterocycles. The second-order valence-electron chi connectivity index (χ2n) is 3.61. The van der Waals surface area contributed by atoms with Crippen LogP contribution in [-0.4, -0.2) is 14.9 Å². The third-order valence-electron chi connectivity index (χ3n) is 2.42. The van der Waals surface area contributed by atoms with Gasteiger partial charge in [-0.1, -0.05) is 0 Å². The van der Waals surface area contributed by atoms with Gasteiger partial charge in [-0.25, -0.2) is 4.98 Å². The number of anilines is 2. The summed E-state index contributed by atoms with van der Waals surface area (Å²) in [7, 11) is 0. The molecule has 0 radical (unpaired) electrons. The van der Waals surface area contributed by atoms with Gasteiger partial charge < -0.3 is 11.5 Å². The zero-order chi connectivity index (χ0) is 14.0. The van der Waals surface area contributed by atoms with Crippen LogP contribution >= 0.6 is 0 Å². The van der Waals surface area contributed by atoms with Gasteiger partial charge in [0.1, 0.15) is 17.5 Å². The normalized spacial score (nSPS) is 9.84. The molecule has 0 amide bonds. The van der Waals surface area contributed by atoms with Crippen LogP contribution < -0.4 is 11.5 Å². The highest BCUT2D eigenvalue weighted by molar-refractivity contribution is 5.73. The highest BCUT2D eigenvalue weighted by Gasteiger charge is 2.14. The molecule has 2 rings (SSSR count). The van der Waals surface area contributed by atoms with Crippen molar-refractivity contribution in [2.24, 2.45) is 0 Å². The number of nitrogens with two attached hydrogens (primary N) is 2. The summed E-state index contributed by atoms with van der Waals surface area (Å²) in [5.41, 5.74) is 11.8. The van der Waals surface area contributed by atoms with Gasteiger partial charge in [-0.2, -0.15) is 10.2 Å². The smallest absolute Gasteiger partial charge is 0.269 e. The lowest BCUT2D eigenvalue weighted by molar-refractivity contribution is -0.384. The third kappa shape index (κ3) is 2.25. The summed E-state index contributed by atoms with van der Waals surface area (Å²) in [5.74, 6) is -0.0896. The molecular formula is C11H8N6O2. The summed E-state index contributed by atoms with van der Waals surface area (Å²) in [6.45, 7) is 0. The molecule has 8 nitrogen and oxygen atoms in total. The molecule has 0 atom stereocenters. The van der Waals surface area contributed by atoms with Crippen molar-refractivity contribution in [3.63, 3.8) is 0 Å². The van der Waals surface area contributed by atoms with Gasteiger partial charge in [-0.05, 0) is 12.1 Å². The zero-order valence-corrected chi connectivity index (χ0v) is 9.57. The molecule has 1 heterocycles. The summed E-state index contributed by atoms with van der Waals surface area (Å²) < 4.78 is 0. The molecule has 0 aliphatic heterocycles. The van der Waals surface area contributed by atoms with Crippen molar-refractivity contribution in [1.29, 1.82) is 5.26 Å². The number of nitrogens with zero attached hydrogens (tertiary/aromatic N) is 4. The third-order valence-corrected chi connectivity index (χ3v) is 2.42. The van der Waals surface area contributed by atoms with Gasteiger partial charge in [0.2, 0.25) is 5.95 Å². The minimum Gasteiger partial charge on any atom is -0.382 e. The van der Waals surface area contributed by atoms with E-state index in [0.29, 0.717) is 5.56 Å². The number of non-ortho nitro benzene ring substituents is 1. The molecule has 1 aromatic carbocycles. The van der Waals surface area contributed by atoms with Crippen molar-refractivity contribution >= 4 is 17.5 Å².